The number of aliphatic hydroxyl groups excluding tert-OH is 1. The van der Waals surface area contributed by atoms with Gasteiger partial charge in [0, 0.05) is 25.7 Å². The van der Waals surface area contributed by atoms with Gasteiger partial charge in [-0.3, -0.25) is 37.3 Å². The fourth-order valence-electron chi connectivity index (χ4n) is 12.2. The van der Waals surface area contributed by atoms with Gasteiger partial charge in [0.05, 0.1) is 26.4 Å². The zero-order valence-corrected chi connectivity index (χ0v) is 65.9. The standard InChI is InChI=1S/C79H154O17P2/c1-7-10-12-14-16-18-20-22-24-26-27-28-29-30-32-34-36-38-40-42-51-57-63-78(83)95-74(67-89-76(81)61-55-49-41-39-37-35-33-31-25-23-21-19-17-15-13-11-8-2)69-93-97(85,86)91-65-73(80)66-92-98(87,88)94-70-75(68-90-77(82)62-56-50-45-43-47-53-59-71(4)5)96-79(84)64-58-52-46-44-48-54-60-72(6)9-3/h71-75,80H,7-70H2,1-6H3,(H,85,86)(H,87,88)/t72?,73-,74-,75-/m1/s1. The Morgan fingerprint density at radius 3 is 0.776 bits per heavy atom. The average Bonchev–Trinajstić information content (AvgIpc) is 1.07. The predicted molar refractivity (Wildman–Crippen MR) is 400 cm³/mol. The Labute approximate surface area is 600 Å². The summed E-state index contributed by atoms with van der Waals surface area (Å²) in [4.78, 5) is 72.8. The lowest BCUT2D eigenvalue weighted by atomic mass is 10.00. The maximum atomic E-state index is 13.1. The van der Waals surface area contributed by atoms with Crippen molar-refractivity contribution in [2.45, 2.75) is 432 Å². The summed E-state index contributed by atoms with van der Waals surface area (Å²) in [5.41, 5.74) is 0. The monoisotopic (exact) mass is 1440 g/mol. The van der Waals surface area contributed by atoms with E-state index in [1.54, 1.807) is 0 Å². The molecule has 19 heteroatoms. The maximum Gasteiger partial charge on any atom is 0.472 e. The Morgan fingerprint density at radius 2 is 0.520 bits per heavy atom. The van der Waals surface area contributed by atoms with Crippen LogP contribution in [0.2, 0.25) is 0 Å². The summed E-state index contributed by atoms with van der Waals surface area (Å²) in [5.74, 6) is -0.720. The van der Waals surface area contributed by atoms with Gasteiger partial charge in [-0.2, -0.15) is 0 Å². The lowest BCUT2D eigenvalue weighted by Gasteiger charge is -2.21. The van der Waals surface area contributed by atoms with Crippen molar-refractivity contribution in [3.05, 3.63) is 0 Å². The normalized spacial score (nSPS) is 14.2. The number of carbonyl (C=O) groups excluding carboxylic acids is 4. The zero-order chi connectivity index (χ0) is 72.1. The minimum atomic E-state index is -4.96. The number of rotatable bonds is 78. The van der Waals surface area contributed by atoms with E-state index >= 15 is 0 Å². The summed E-state index contributed by atoms with van der Waals surface area (Å²) < 4.78 is 68.5. The molecule has 0 fully saturated rings. The van der Waals surface area contributed by atoms with Crippen molar-refractivity contribution in [1.82, 2.24) is 0 Å². The Morgan fingerprint density at radius 1 is 0.296 bits per heavy atom. The smallest absolute Gasteiger partial charge is 0.462 e. The number of esters is 4. The summed E-state index contributed by atoms with van der Waals surface area (Å²) in [5, 5.41) is 10.6. The number of hydrogen-bond acceptors (Lipinski definition) is 15. The second-order valence-electron chi connectivity index (χ2n) is 29.2. The quantitative estimate of drug-likeness (QED) is 0.0222. The molecule has 0 aliphatic rings. The molecule has 98 heavy (non-hydrogen) atoms. The first kappa shape index (κ1) is 96.1. The molecule has 6 atom stereocenters. The topological polar surface area (TPSA) is 237 Å². The molecule has 0 heterocycles. The van der Waals surface area contributed by atoms with E-state index in [1.165, 1.54) is 225 Å². The molecule has 3 N–H and O–H groups in total. The number of phosphoric ester groups is 2. The van der Waals surface area contributed by atoms with Crippen molar-refractivity contribution < 1.29 is 80.2 Å². The van der Waals surface area contributed by atoms with E-state index in [9.17, 15) is 43.2 Å². The van der Waals surface area contributed by atoms with E-state index in [4.69, 9.17) is 37.0 Å². The largest absolute Gasteiger partial charge is 0.472 e. The highest BCUT2D eigenvalue weighted by Crippen LogP contribution is 2.45. The van der Waals surface area contributed by atoms with Crippen molar-refractivity contribution >= 4 is 39.5 Å². The first-order chi connectivity index (χ1) is 47.4. The van der Waals surface area contributed by atoms with Crippen LogP contribution in [-0.4, -0.2) is 96.7 Å². The molecule has 17 nitrogen and oxygen atoms in total. The molecule has 582 valence electrons. The maximum absolute atomic E-state index is 13.1. The second-order valence-corrected chi connectivity index (χ2v) is 32.1. The second kappa shape index (κ2) is 70.7. The number of aliphatic hydroxyl groups is 1. The molecule has 0 spiro atoms. The van der Waals surface area contributed by atoms with Gasteiger partial charge in [-0.05, 0) is 37.5 Å². The van der Waals surface area contributed by atoms with Crippen molar-refractivity contribution in [3.8, 4) is 0 Å². The summed E-state index contributed by atoms with van der Waals surface area (Å²) in [7, 11) is -9.91. The van der Waals surface area contributed by atoms with Crippen LogP contribution in [0, 0.1) is 11.8 Å². The van der Waals surface area contributed by atoms with Gasteiger partial charge < -0.3 is 33.8 Å². The third-order valence-corrected chi connectivity index (χ3v) is 20.7. The Hall–Kier alpha value is -1.94. The molecule has 0 aliphatic carbocycles. The number of carbonyl (C=O) groups is 4. The van der Waals surface area contributed by atoms with Crippen LogP contribution in [0.4, 0.5) is 0 Å². The number of hydrogen-bond donors (Lipinski definition) is 3. The molecule has 0 aliphatic heterocycles. The highest BCUT2D eigenvalue weighted by molar-refractivity contribution is 7.47. The Bertz CT molecular complexity index is 1890. The lowest BCUT2D eigenvalue weighted by molar-refractivity contribution is -0.161. The minimum Gasteiger partial charge on any atom is -0.462 e. The van der Waals surface area contributed by atoms with Crippen LogP contribution in [0.25, 0.3) is 0 Å². The fraction of sp³-hybridized carbons (Fsp3) is 0.949. The van der Waals surface area contributed by atoms with Gasteiger partial charge in [-0.1, -0.05) is 363 Å². The van der Waals surface area contributed by atoms with Crippen LogP contribution in [0.15, 0.2) is 0 Å². The van der Waals surface area contributed by atoms with Crippen LogP contribution in [0.3, 0.4) is 0 Å². The van der Waals surface area contributed by atoms with Gasteiger partial charge in [0.2, 0.25) is 0 Å². The third kappa shape index (κ3) is 71.1. The highest BCUT2D eigenvalue weighted by atomic mass is 31.2. The molecule has 0 radical (unpaired) electrons. The molecular formula is C79H154O17P2. The lowest BCUT2D eigenvalue weighted by Crippen LogP contribution is -2.30. The molecule has 0 aromatic heterocycles. The van der Waals surface area contributed by atoms with E-state index in [2.05, 4.69) is 41.5 Å². The van der Waals surface area contributed by atoms with Gasteiger partial charge in [-0.25, -0.2) is 9.13 Å². The molecule has 0 amide bonds. The van der Waals surface area contributed by atoms with Gasteiger partial charge in [0.1, 0.15) is 19.3 Å². The van der Waals surface area contributed by atoms with E-state index in [-0.39, 0.29) is 25.7 Å². The van der Waals surface area contributed by atoms with Crippen molar-refractivity contribution in [3.63, 3.8) is 0 Å². The van der Waals surface area contributed by atoms with Crippen LogP contribution in [0.1, 0.15) is 414 Å². The molecule has 0 rings (SSSR count). The van der Waals surface area contributed by atoms with E-state index in [0.717, 1.165) is 102 Å². The fourth-order valence-corrected chi connectivity index (χ4v) is 13.7. The first-order valence-electron chi connectivity index (χ1n) is 41.0. The van der Waals surface area contributed by atoms with E-state index < -0.39 is 97.5 Å². The third-order valence-electron chi connectivity index (χ3n) is 18.8. The minimum absolute atomic E-state index is 0.102. The highest BCUT2D eigenvalue weighted by Gasteiger charge is 2.30. The summed E-state index contributed by atoms with van der Waals surface area (Å²) in [6, 6.07) is 0. The SMILES string of the molecule is CCCCCCCCCCCCCCCCCCCCCCCCC(=O)O[C@H](COC(=O)CCCCCCCCCCCCCCCCCCC)COP(=O)(O)OC[C@@H](O)COP(=O)(O)OC[C@@H](COC(=O)CCCCCCCCC(C)C)OC(=O)CCCCCCCCC(C)CC. The van der Waals surface area contributed by atoms with Crippen LogP contribution in [-0.2, 0) is 65.4 Å². The van der Waals surface area contributed by atoms with Gasteiger partial charge in [-0.15, -0.1) is 0 Å². The summed E-state index contributed by atoms with van der Waals surface area (Å²) in [6.07, 6.45) is 60.2. The van der Waals surface area contributed by atoms with Crippen molar-refractivity contribution in [2.75, 3.05) is 39.6 Å². The van der Waals surface area contributed by atoms with Gasteiger partial charge in [0.25, 0.3) is 0 Å². The molecule has 3 unspecified atom stereocenters. The summed E-state index contributed by atoms with van der Waals surface area (Å²) >= 11 is 0. The number of phosphoric acid groups is 2. The molecular weight excluding hydrogens is 1280 g/mol. The van der Waals surface area contributed by atoms with Gasteiger partial charge >= 0.3 is 39.5 Å². The number of unbranched alkanes of at least 4 members (excludes halogenated alkanes) is 47. The van der Waals surface area contributed by atoms with Crippen molar-refractivity contribution in [1.29, 1.82) is 0 Å². The summed E-state index contributed by atoms with van der Waals surface area (Å²) in [6.45, 7) is 9.47. The molecule has 0 saturated carbocycles. The zero-order valence-electron chi connectivity index (χ0n) is 64.1. The van der Waals surface area contributed by atoms with E-state index in [1.807, 2.05) is 0 Å². The Kier molecular flexibility index (Phi) is 69.3. The van der Waals surface area contributed by atoms with Crippen LogP contribution >= 0.6 is 15.6 Å². The number of ether oxygens (including phenoxy) is 4. The van der Waals surface area contributed by atoms with E-state index in [0.29, 0.717) is 31.6 Å². The Balaban J connectivity index is 5.17. The van der Waals surface area contributed by atoms with Gasteiger partial charge in [0.15, 0.2) is 12.2 Å². The average molecular weight is 1440 g/mol. The molecule has 0 saturated heterocycles. The molecule has 0 aromatic rings. The first-order valence-corrected chi connectivity index (χ1v) is 44.0. The van der Waals surface area contributed by atoms with Crippen molar-refractivity contribution in [2.24, 2.45) is 11.8 Å². The predicted octanol–water partition coefficient (Wildman–Crippen LogP) is 23.5. The van der Waals surface area contributed by atoms with Crippen LogP contribution in [0.5, 0.6) is 0 Å². The molecule has 0 aromatic carbocycles. The molecule has 0 bridgehead atoms. The van der Waals surface area contributed by atoms with Crippen LogP contribution < -0.4 is 0 Å².